The van der Waals surface area contributed by atoms with E-state index in [1.807, 2.05) is 0 Å². The summed E-state index contributed by atoms with van der Waals surface area (Å²) in [4.78, 5) is 0. The van der Waals surface area contributed by atoms with Gasteiger partial charge in [-0.2, -0.15) is 0 Å². The van der Waals surface area contributed by atoms with Gasteiger partial charge in [0.1, 0.15) is 11.9 Å². The van der Waals surface area contributed by atoms with Crippen LogP contribution in [0.2, 0.25) is 0 Å². The summed E-state index contributed by atoms with van der Waals surface area (Å²) in [6.45, 7) is 1.83. The Bertz CT molecular complexity index is 546. The van der Waals surface area contributed by atoms with Crippen LogP contribution in [0.25, 0.3) is 11.0 Å². The van der Waals surface area contributed by atoms with Crippen molar-refractivity contribution in [3.63, 3.8) is 0 Å². The van der Waals surface area contributed by atoms with Gasteiger partial charge >= 0.3 is 0 Å². The Hall–Kier alpha value is -1.39. The zero-order valence-electron chi connectivity index (χ0n) is 10.0. The Labute approximate surface area is 105 Å². The van der Waals surface area contributed by atoms with E-state index >= 15 is 0 Å². The van der Waals surface area contributed by atoms with Gasteiger partial charge in [-0.25, -0.2) is 4.39 Å². The maximum absolute atomic E-state index is 13.5. The smallest absolute Gasteiger partial charge is 0.170 e. The van der Waals surface area contributed by atoms with E-state index in [0.29, 0.717) is 11.1 Å². The molecular formula is C14H16FNO2. The third-order valence-corrected chi connectivity index (χ3v) is 3.64. The minimum absolute atomic E-state index is 0.190. The van der Waals surface area contributed by atoms with Crippen LogP contribution >= 0.6 is 0 Å². The fraction of sp³-hybridized carbons (Fsp3) is 0.429. The van der Waals surface area contributed by atoms with Crippen molar-refractivity contribution in [3.8, 4) is 0 Å². The van der Waals surface area contributed by atoms with Gasteiger partial charge in [0.2, 0.25) is 0 Å². The highest BCUT2D eigenvalue weighted by Crippen LogP contribution is 2.33. The number of halogens is 1. The molecule has 1 atom stereocenters. The lowest BCUT2D eigenvalue weighted by Crippen LogP contribution is -2.30. The molecule has 2 N–H and O–H groups in total. The molecule has 2 heterocycles. The molecule has 1 fully saturated rings. The SMILES string of the molecule is OC(c1cc2cccc(F)c2o1)C1CCNCC1. The van der Waals surface area contributed by atoms with Gasteiger partial charge in [-0.05, 0) is 44.0 Å². The Kier molecular flexibility index (Phi) is 3.06. The van der Waals surface area contributed by atoms with Crippen LogP contribution in [0, 0.1) is 11.7 Å². The second kappa shape index (κ2) is 4.71. The molecule has 96 valence electrons. The number of aliphatic hydroxyl groups excluding tert-OH is 1. The topological polar surface area (TPSA) is 45.4 Å². The molecule has 0 aliphatic carbocycles. The van der Waals surface area contributed by atoms with Gasteiger partial charge in [-0.3, -0.25) is 0 Å². The number of nitrogens with one attached hydrogen (secondary N) is 1. The van der Waals surface area contributed by atoms with E-state index in [2.05, 4.69) is 5.32 Å². The van der Waals surface area contributed by atoms with Crippen LogP contribution in [-0.2, 0) is 0 Å². The van der Waals surface area contributed by atoms with E-state index in [0.717, 1.165) is 25.9 Å². The second-order valence-electron chi connectivity index (χ2n) is 4.84. The third kappa shape index (κ3) is 2.02. The molecule has 1 aromatic heterocycles. The first-order chi connectivity index (χ1) is 8.75. The molecule has 0 saturated carbocycles. The van der Waals surface area contributed by atoms with Crippen molar-refractivity contribution in [1.82, 2.24) is 5.32 Å². The van der Waals surface area contributed by atoms with Gasteiger partial charge in [0, 0.05) is 5.39 Å². The Morgan fingerprint density at radius 1 is 1.33 bits per heavy atom. The molecule has 1 aliphatic heterocycles. The predicted molar refractivity (Wildman–Crippen MR) is 66.7 cm³/mol. The molecule has 0 amide bonds. The van der Waals surface area contributed by atoms with Crippen molar-refractivity contribution >= 4 is 11.0 Å². The number of hydrogen-bond acceptors (Lipinski definition) is 3. The molecule has 0 spiro atoms. The molecule has 0 radical (unpaired) electrons. The average molecular weight is 249 g/mol. The van der Waals surface area contributed by atoms with E-state index < -0.39 is 6.10 Å². The number of rotatable bonds is 2. The minimum atomic E-state index is -0.640. The van der Waals surface area contributed by atoms with Gasteiger partial charge in [0.15, 0.2) is 11.4 Å². The maximum atomic E-state index is 13.5. The number of hydrogen-bond donors (Lipinski definition) is 2. The molecular weight excluding hydrogens is 233 g/mol. The zero-order chi connectivity index (χ0) is 12.5. The number of aliphatic hydroxyl groups is 1. The predicted octanol–water partition coefficient (Wildman–Crippen LogP) is 2.60. The number of para-hydroxylation sites is 1. The summed E-state index contributed by atoms with van der Waals surface area (Å²) in [5.41, 5.74) is 0.237. The first kappa shape index (κ1) is 11.7. The van der Waals surface area contributed by atoms with Gasteiger partial charge in [0.05, 0.1) is 0 Å². The highest BCUT2D eigenvalue weighted by atomic mass is 19.1. The highest BCUT2D eigenvalue weighted by molar-refractivity contribution is 5.78. The van der Waals surface area contributed by atoms with Crippen molar-refractivity contribution in [2.45, 2.75) is 18.9 Å². The van der Waals surface area contributed by atoms with Crippen LogP contribution in [0.4, 0.5) is 4.39 Å². The molecule has 2 aromatic rings. The normalized spacial score (nSPS) is 19.2. The van der Waals surface area contributed by atoms with Crippen LogP contribution in [0.5, 0.6) is 0 Å². The molecule has 1 aromatic carbocycles. The summed E-state index contributed by atoms with van der Waals surface area (Å²) in [7, 11) is 0. The summed E-state index contributed by atoms with van der Waals surface area (Å²) in [6, 6.07) is 6.55. The van der Waals surface area contributed by atoms with Crippen molar-refractivity contribution in [2.24, 2.45) is 5.92 Å². The Balaban J connectivity index is 1.91. The summed E-state index contributed by atoms with van der Waals surface area (Å²) in [6.07, 6.45) is 1.19. The Morgan fingerprint density at radius 3 is 2.83 bits per heavy atom. The standard InChI is InChI=1S/C14H16FNO2/c15-11-3-1-2-10-8-12(18-14(10)11)13(17)9-4-6-16-7-5-9/h1-3,8-9,13,16-17H,4-7H2. The molecule has 0 bridgehead atoms. The molecule has 18 heavy (non-hydrogen) atoms. The van der Waals surface area contributed by atoms with Gasteiger partial charge < -0.3 is 14.8 Å². The lowest BCUT2D eigenvalue weighted by Gasteiger charge is -2.25. The molecule has 1 aliphatic rings. The minimum Gasteiger partial charge on any atom is -0.455 e. The quantitative estimate of drug-likeness (QED) is 0.860. The largest absolute Gasteiger partial charge is 0.455 e. The van der Waals surface area contributed by atoms with Gasteiger partial charge in [-0.1, -0.05) is 12.1 Å². The van der Waals surface area contributed by atoms with Crippen molar-refractivity contribution in [2.75, 3.05) is 13.1 Å². The molecule has 3 nitrogen and oxygen atoms in total. The monoisotopic (exact) mass is 249 g/mol. The van der Waals surface area contributed by atoms with E-state index in [-0.39, 0.29) is 17.3 Å². The molecule has 3 rings (SSSR count). The highest BCUT2D eigenvalue weighted by Gasteiger charge is 2.26. The lowest BCUT2D eigenvalue weighted by molar-refractivity contribution is 0.0703. The fourth-order valence-electron chi connectivity index (χ4n) is 2.59. The number of benzene rings is 1. The van der Waals surface area contributed by atoms with E-state index in [9.17, 15) is 9.50 Å². The van der Waals surface area contributed by atoms with Crippen LogP contribution in [-0.4, -0.2) is 18.2 Å². The number of fused-ring (bicyclic) bond motifs is 1. The van der Waals surface area contributed by atoms with Crippen LogP contribution in [0.15, 0.2) is 28.7 Å². The average Bonchev–Trinajstić information content (AvgIpc) is 2.84. The van der Waals surface area contributed by atoms with Crippen molar-refractivity contribution in [1.29, 1.82) is 0 Å². The van der Waals surface area contributed by atoms with Gasteiger partial charge in [-0.15, -0.1) is 0 Å². The van der Waals surface area contributed by atoms with Crippen LogP contribution < -0.4 is 5.32 Å². The Morgan fingerprint density at radius 2 is 2.11 bits per heavy atom. The summed E-state index contributed by atoms with van der Waals surface area (Å²) < 4.78 is 19.0. The molecule has 1 saturated heterocycles. The van der Waals surface area contributed by atoms with Crippen LogP contribution in [0.1, 0.15) is 24.7 Å². The van der Waals surface area contributed by atoms with Gasteiger partial charge in [0.25, 0.3) is 0 Å². The van der Waals surface area contributed by atoms with Crippen LogP contribution in [0.3, 0.4) is 0 Å². The van der Waals surface area contributed by atoms with E-state index in [1.54, 1.807) is 18.2 Å². The maximum Gasteiger partial charge on any atom is 0.170 e. The summed E-state index contributed by atoms with van der Waals surface area (Å²) >= 11 is 0. The number of furan rings is 1. The summed E-state index contributed by atoms with van der Waals surface area (Å²) in [5.74, 6) is 0.285. The van der Waals surface area contributed by atoms with E-state index in [4.69, 9.17) is 4.42 Å². The zero-order valence-corrected chi connectivity index (χ0v) is 10.0. The third-order valence-electron chi connectivity index (χ3n) is 3.64. The molecule has 4 heteroatoms. The van der Waals surface area contributed by atoms with E-state index in [1.165, 1.54) is 6.07 Å². The lowest BCUT2D eigenvalue weighted by atomic mass is 9.91. The number of piperidine rings is 1. The fourth-order valence-corrected chi connectivity index (χ4v) is 2.59. The van der Waals surface area contributed by atoms with Crippen molar-refractivity contribution in [3.05, 3.63) is 35.8 Å². The molecule has 1 unspecified atom stereocenters. The summed E-state index contributed by atoms with van der Waals surface area (Å²) in [5, 5.41) is 14.3. The first-order valence-corrected chi connectivity index (χ1v) is 6.32. The second-order valence-corrected chi connectivity index (χ2v) is 4.84. The van der Waals surface area contributed by atoms with Crippen molar-refractivity contribution < 1.29 is 13.9 Å². The first-order valence-electron chi connectivity index (χ1n) is 6.32.